The van der Waals surface area contributed by atoms with Gasteiger partial charge in [0, 0.05) is 27.5 Å². The van der Waals surface area contributed by atoms with Crippen molar-refractivity contribution in [3.05, 3.63) is 73.2 Å². The Hall–Kier alpha value is -2.27. The maximum absolute atomic E-state index is 12.5. The molecule has 1 aliphatic rings. The minimum atomic E-state index is -0.359. The van der Waals surface area contributed by atoms with Gasteiger partial charge >= 0.3 is 0 Å². The van der Waals surface area contributed by atoms with Crippen molar-refractivity contribution in [3.63, 3.8) is 0 Å². The van der Waals surface area contributed by atoms with Crippen LogP contribution in [0.2, 0.25) is 5.02 Å². The number of carbonyl (C=O) groups is 2. The number of thioether (sulfide) groups is 1. The number of carbonyl (C=O) groups excluding carboxylic acids is 2. The second kappa shape index (κ2) is 9.69. The molecule has 1 heterocycles. The summed E-state index contributed by atoms with van der Waals surface area (Å²) < 4.78 is 0.951. The summed E-state index contributed by atoms with van der Waals surface area (Å²) in [5.74, 6) is -0.677. The van der Waals surface area contributed by atoms with Crippen LogP contribution < -0.4 is 10.6 Å². The highest BCUT2D eigenvalue weighted by Crippen LogP contribution is 2.36. The van der Waals surface area contributed by atoms with Crippen molar-refractivity contribution in [2.45, 2.75) is 26.2 Å². The van der Waals surface area contributed by atoms with Gasteiger partial charge < -0.3 is 10.6 Å². The largest absolute Gasteiger partial charge is 0.325 e. The average Bonchev–Trinajstić information content (AvgIpc) is 2.69. The molecule has 1 atom stereocenters. The number of rotatable bonds is 5. The second-order valence-corrected chi connectivity index (χ2v) is 9.30. The summed E-state index contributed by atoms with van der Waals surface area (Å²) in [6, 6.07) is 13.2. The fraction of sp³-hybridized carbons (Fsp3) is 0.227. The van der Waals surface area contributed by atoms with E-state index in [9.17, 15) is 14.9 Å². The van der Waals surface area contributed by atoms with Crippen LogP contribution in [0.5, 0.6) is 0 Å². The van der Waals surface area contributed by atoms with Gasteiger partial charge in [-0.15, -0.1) is 0 Å². The van der Waals surface area contributed by atoms with Gasteiger partial charge in [0.05, 0.1) is 22.4 Å². The van der Waals surface area contributed by atoms with E-state index in [0.29, 0.717) is 15.6 Å². The quantitative estimate of drug-likeness (QED) is 0.569. The van der Waals surface area contributed by atoms with Crippen molar-refractivity contribution in [2.24, 2.45) is 0 Å². The van der Waals surface area contributed by atoms with E-state index in [-0.39, 0.29) is 29.9 Å². The summed E-state index contributed by atoms with van der Waals surface area (Å²) >= 11 is 10.6. The maximum atomic E-state index is 12.5. The van der Waals surface area contributed by atoms with Gasteiger partial charge in [0.15, 0.2) is 0 Å². The number of amides is 2. The van der Waals surface area contributed by atoms with E-state index in [1.807, 2.05) is 38.1 Å². The minimum absolute atomic E-state index is 0.0725. The Labute approximate surface area is 193 Å². The molecule has 0 spiro atoms. The van der Waals surface area contributed by atoms with Crippen molar-refractivity contribution < 1.29 is 9.59 Å². The lowest BCUT2D eigenvalue weighted by atomic mass is 9.87. The van der Waals surface area contributed by atoms with Gasteiger partial charge in [-0.1, -0.05) is 51.4 Å². The average molecular weight is 505 g/mol. The van der Waals surface area contributed by atoms with Gasteiger partial charge in [0.2, 0.25) is 11.8 Å². The van der Waals surface area contributed by atoms with Gasteiger partial charge in [0.25, 0.3) is 0 Å². The molecule has 0 saturated carbocycles. The Kier molecular flexibility index (Phi) is 7.24. The topological polar surface area (TPSA) is 82.0 Å². The number of allylic oxidation sites excluding steroid dienone is 1. The molecule has 0 aliphatic carbocycles. The van der Waals surface area contributed by atoms with Gasteiger partial charge in [-0.25, -0.2) is 0 Å². The van der Waals surface area contributed by atoms with Crippen molar-refractivity contribution in [2.75, 3.05) is 11.1 Å². The molecule has 1 aliphatic heterocycles. The van der Waals surface area contributed by atoms with Gasteiger partial charge in [-0.05, 0) is 54.8 Å². The number of nitrogens with zero attached hydrogens (tertiary/aromatic N) is 1. The monoisotopic (exact) mass is 503 g/mol. The molecule has 5 nitrogen and oxygen atoms in total. The van der Waals surface area contributed by atoms with E-state index in [1.165, 1.54) is 0 Å². The molecule has 0 unspecified atom stereocenters. The summed E-state index contributed by atoms with van der Waals surface area (Å²) in [7, 11) is 0. The molecule has 30 heavy (non-hydrogen) atoms. The molecule has 154 valence electrons. The Balaban J connectivity index is 1.77. The van der Waals surface area contributed by atoms with Crippen LogP contribution in [0.3, 0.4) is 0 Å². The molecule has 2 aromatic rings. The normalized spacial score (nSPS) is 16.1. The first-order valence-corrected chi connectivity index (χ1v) is 11.3. The molecule has 0 radical (unpaired) electrons. The number of halogens is 2. The highest BCUT2D eigenvalue weighted by atomic mass is 79.9. The van der Waals surface area contributed by atoms with E-state index in [4.69, 9.17) is 11.6 Å². The molecule has 0 bridgehead atoms. The molecule has 0 saturated heterocycles. The van der Waals surface area contributed by atoms with Crippen molar-refractivity contribution in [3.8, 4) is 6.07 Å². The van der Waals surface area contributed by atoms with Crippen molar-refractivity contribution in [1.82, 2.24) is 5.32 Å². The summed E-state index contributed by atoms with van der Waals surface area (Å²) in [6.07, 6.45) is 0.179. The first-order valence-electron chi connectivity index (χ1n) is 9.17. The van der Waals surface area contributed by atoms with Crippen LogP contribution in [0.25, 0.3) is 0 Å². The summed E-state index contributed by atoms with van der Waals surface area (Å²) in [6.45, 7) is 3.85. The van der Waals surface area contributed by atoms with Crippen LogP contribution in [0.1, 0.15) is 29.0 Å². The molecule has 0 fully saturated rings. The summed E-state index contributed by atoms with van der Waals surface area (Å²) in [5.41, 5.74) is 3.96. The number of hydrogen-bond acceptors (Lipinski definition) is 4. The predicted octanol–water partition coefficient (Wildman–Crippen LogP) is 5.43. The maximum Gasteiger partial charge on any atom is 0.234 e. The zero-order chi connectivity index (χ0) is 21.8. The minimum Gasteiger partial charge on any atom is -0.325 e. The molecular weight excluding hydrogens is 486 g/mol. The Morgan fingerprint density at radius 1 is 1.30 bits per heavy atom. The molecular formula is C22H19BrClN3O2S. The standard InChI is InChI=1S/C22H19BrClN3O2S/c1-12-7-15(23)8-13(2)21(12)26-20(29)11-30-22-18(10-25)17(9-19(28)27-22)14-3-5-16(24)6-4-14/h3-8,17H,9,11H2,1-2H3,(H,26,29)(H,27,28)/t17-/m1/s1. The first-order chi connectivity index (χ1) is 14.3. The predicted molar refractivity (Wildman–Crippen MR) is 124 cm³/mol. The fourth-order valence-electron chi connectivity index (χ4n) is 3.33. The van der Waals surface area contributed by atoms with Gasteiger partial charge in [-0.2, -0.15) is 5.26 Å². The smallest absolute Gasteiger partial charge is 0.234 e. The number of nitriles is 1. The van der Waals surface area contributed by atoms with E-state index >= 15 is 0 Å². The third-order valence-corrected chi connectivity index (χ3v) is 6.46. The molecule has 2 aromatic carbocycles. The number of nitrogens with one attached hydrogen (secondary N) is 2. The SMILES string of the molecule is Cc1cc(Br)cc(C)c1NC(=O)CSC1=C(C#N)[C@@H](c2ccc(Cl)cc2)CC(=O)N1. The number of benzene rings is 2. The Bertz CT molecular complexity index is 1050. The number of aryl methyl sites for hydroxylation is 2. The van der Waals surface area contributed by atoms with Crippen molar-refractivity contribution in [1.29, 1.82) is 5.26 Å². The Morgan fingerprint density at radius 2 is 1.93 bits per heavy atom. The fourth-order valence-corrected chi connectivity index (χ4v) is 5.02. The van der Waals surface area contributed by atoms with E-state index in [0.717, 1.165) is 38.6 Å². The zero-order valence-electron chi connectivity index (χ0n) is 16.4. The van der Waals surface area contributed by atoms with Crippen LogP contribution in [0, 0.1) is 25.2 Å². The second-order valence-electron chi connectivity index (χ2n) is 6.96. The van der Waals surface area contributed by atoms with Gasteiger partial charge in [0.1, 0.15) is 0 Å². The zero-order valence-corrected chi connectivity index (χ0v) is 19.5. The molecule has 2 N–H and O–H groups in total. The van der Waals surface area contributed by atoms with E-state index < -0.39 is 0 Å². The lowest BCUT2D eigenvalue weighted by molar-refractivity contribution is -0.121. The lowest BCUT2D eigenvalue weighted by Crippen LogP contribution is -2.31. The van der Waals surface area contributed by atoms with Crippen LogP contribution in [0.4, 0.5) is 5.69 Å². The Morgan fingerprint density at radius 3 is 2.53 bits per heavy atom. The first kappa shape index (κ1) is 22.4. The molecule has 0 aromatic heterocycles. The summed E-state index contributed by atoms with van der Waals surface area (Å²) in [4.78, 5) is 24.8. The lowest BCUT2D eigenvalue weighted by Gasteiger charge is -2.25. The van der Waals surface area contributed by atoms with Crippen molar-refractivity contribution >= 4 is 56.8 Å². The van der Waals surface area contributed by atoms with E-state index in [1.54, 1.807) is 12.1 Å². The highest BCUT2D eigenvalue weighted by Gasteiger charge is 2.29. The van der Waals surface area contributed by atoms with Crippen LogP contribution in [0.15, 0.2) is 51.5 Å². The third-order valence-electron chi connectivity index (χ3n) is 4.74. The molecule has 2 amide bonds. The highest BCUT2D eigenvalue weighted by molar-refractivity contribution is 9.10. The van der Waals surface area contributed by atoms with Crippen LogP contribution in [-0.4, -0.2) is 17.6 Å². The summed E-state index contributed by atoms with van der Waals surface area (Å²) in [5, 5.41) is 16.4. The number of anilines is 1. The van der Waals surface area contributed by atoms with Gasteiger partial charge in [-0.3, -0.25) is 9.59 Å². The molecule has 8 heteroatoms. The third kappa shape index (κ3) is 5.25. The van der Waals surface area contributed by atoms with Crippen LogP contribution >= 0.6 is 39.3 Å². The molecule has 3 rings (SSSR count). The van der Waals surface area contributed by atoms with E-state index in [2.05, 4.69) is 32.6 Å². The number of hydrogen-bond donors (Lipinski definition) is 2. The van der Waals surface area contributed by atoms with Crippen LogP contribution in [-0.2, 0) is 9.59 Å².